The molecule has 2 nitrogen and oxygen atoms in total. The van der Waals surface area contributed by atoms with Crippen LogP contribution in [-0.2, 0) is 0 Å². The van der Waals surface area contributed by atoms with Gasteiger partial charge in [0, 0.05) is 28.0 Å². The number of para-hydroxylation sites is 2. The quantitative estimate of drug-likeness (QED) is 0.173. The molecule has 0 atom stereocenters. The molecule has 0 radical (unpaired) electrons. The first-order chi connectivity index (χ1) is 24.8. The summed E-state index contributed by atoms with van der Waals surface area (Å²) in [6.45, 7) is 0. The summed E-state index contributed by atoms with van der Waals surface area (Å²) in [5.41, 5.74) is 12.5. The minimum atomic E-state index is 0.879. The van der Waals surface area contributed by atoms with Crippen molar-refractivity contribution in [2.45, 2.75) is 0 Å². The molecule has 0 saturated heterocycles. The van der Waals surface area contributed by atoms with Crippen LogP contribution in [0.2, 0.25) is 0 Å². The molecule has 0 bridgehead atoms. The molecular weight excluding hydrogens is 607 g/mol. The maximum atomic E-state index is 6.16. The van der Waals surface area contributed by atoms with Crippen LogP contribution in [0.1, 0.15) is 0 Å². The highest BCUT2D eigenvalue weighted by Gasteiger charge is 2.14. The van der Waals surface area contributed by atoms with Gasteiger partial charge in [-0.25, -0.2) is 0 Å². The van der Waals surface area contributed by atoms with Crippen molar-refractivity contribution in [3.63, 3.8) is 0 Å². The number of benzene rings is 8. The molecule has 50 heavy (non-hydrogen) atoms. The number of hydrogen-bond donors (Lipinski definition) is 0. The van der Waals surface area contributed by atoms with Gasteiger partial charge in [-0.1, -0.05) is 146 Å². The van der Waals surface area contributed by atoms with Crippen molar-refractivity contribution >= 4 is 38.8 Å². The first-order valence-electron chi connectivity index (χ1n) is 17.0. The Balaban J connectivity index is 0.998. The van der Waals surface area contributed by atoms with E-state index in [1.165, 1.54) is 33.0 Å². The summed E-state index contributed by atoms with van der Waals surface area (Å²) in [4.78, 5) is 2.31. The Morgan fingerprint density at radius 2 is 0.840 bits per heavy atom. The normalized spacial score (nSPS) is 11.2. The van der Waals surface area contributed by atoms with Gasteiger partial charge in [0.15, 0.2) is 0 Å². The lowest BCUT2D eigenvalue weighted by Gasteiger charge is -2.26. The summed E-state index contributed by atoms with van der Waals surface area (Å²) in [6, 6.07) is 71.1. The molecule has 236 valence electrons. The average Bonchev–Trinajstić information content (AvgIpc) is 3.64. The van der Waals surface area contributed by atoms with E-state index in [0.717, 1.165) is 50.5 Å². The fourth-order valence-electron chi connectivity index (χ4n) is 6.93. The van der Waals surface area contributed by atoms with Gasteiger partial charge in [0.2, 0.25) is 0 Å². The molecule has 0 fully saturated rings. The van der Waals surface area contributed by atoms with E-state index in [-0.39, 0.29) is 0 Å². The van der Waals surface area contributed by atoms with Crippen molar-refractivity contribution in [1.29, 1.82) is 0 Å². The third-order valence-corrected chi connectivity index (χ3v) is 9.49. The van der Waals surface area contributed by atoms with Gasteiger partial charge in [-0.05, 0) is 98.8 Å². The second-order valence-electron chi connectivity index (χ2n) is 12.6. The second kappa shape index (κ2) is 12.8. The van der Waals surface area contributed by atoms with Crippen molar-refractivity contribution in [3.05, 3.63) is 200 Å². The lowest BCUT2D eigenvalue weighted by molar-refractivity contribution is 0.631. The van der Waals surface area contributed by atoms with E-state index >= 15 is 0 Å². The molecule has 0 aliphatic carbocycles. The van der Waals surface area contributed by atoms with E-state index in [1.54, 1.807) is 0 Å². The number of nitrogens with zero attached hydrogens (tertiary/aromatic N) is 1. The van der Waals surface area contributed by atoms with Crippen LogP contribution in [-0.4, -0.2) is 0 Å². The predicted molar refractivity (Wildman–Crippen MR) is 210 cm³/mol. The van der Waals surface area contributed by atoms with Gasteiger partial charge in [0.05, 0.1) is 0 Å². The van der Waals surface area contributed by atoms with E-state index < -0.39 is 0 Å². The first-order valence-corrected chi connectivity index (χ1v) is 17.0. The molecule has 0 aliphatic rings. The lowest BCUT2D eigenvalue weighted by atomic mass is 9.96. The minimum Gasteiger partial charge on any atom is -0.456 e. The number of fused-ring (bicyclic) bond motifs is 2. The Hall–Kier alpha value is -6.64. The average molecular weight is 640 g/mol. The molecule has 9 aromatic rings. The summed E-state index contributed by atoms with van der Waals surface area (Å²) in [5.74, 6) is 0.879. The number of hydrogen-bond acceptors (Lipinski definition) is 2. The zero-order valence-corrected chi connectivity index (χ0v) is 27.4. The Morgan fingerprint density at radius 3 is 1.56 bits per heavy atom. The van der Waals surface area contributed by atoms with E-state index in [2.05, 4.69) is 187 Å². The number of anilines is 3. The molecule has 0 spiro atoms. The fraction of sp³-hybridized carbons (Fsp3) is 0. The van der Waals surface area contributed by atoms with Gasteiger partial charge in [0.25, 0.3) is 0 Å². The topological polar surface area (TPSA) is 16.4 Å². The van der Waals surface area contributed by atoms with Crippen LogP contribution in [0.25, 0.3) is 66.4 Å². The standard InChI is InChI=1S/C48H33NO/c1-2-15-42(16-3-1)49(44-30-26-36(27-31-44)39-13-8-14-40(32-39)48-33-41-11-5-7-19-47(41)50-48)43-28-24-35(25-29-43)34-20-22-38(23-21-34)46-18-9-12-37-10-4-6-17-45(37)46/h1-33H. The maximum absolute atomic E-state index is 6.16. The van der Waals surface area contributed by atoms with Crippen LogP contribution in [0.5, 0.6) is 0 Å². The van der Waals surface area contributed by atoms with E-state index in [0.29, 0.717) is 0 Å². The monoisotopic (exact) mass is 639 g/mol. The Labute approximate surface area is 292 Å². The molecule has 0 N–H and O–H groups in total. The summed E-state index contributed by atoms with van der Waals surface area (Å²) in [5, 5.41) is 3.65. The molecule has 0 aliphatic heterocycles. The van der Waals surface area contributed by atoms with E-state index in [1.807, 2.05) is 18.2 Å². The SMILES string of the molecule is c1ccc(N(c2ccc(-c3ccc(-c4cccc5ccccc45)cc3)cc2)c2ccc(-c3cccc(-c4cc5ccccc5o4)c3)cc2)cc1. The van der Waals surface area contributed by atoms with Gasteiger partial charge < -0.3 is 9.32 Å². The van der Waals surface area contributed by atoms with E-state index in [9.17, 15) is 0 Å². The second-order valence-corrected chi connectivity index (χ2v) is 12.6. The van der Waals surface area contributed by atoms with Crippen LogP contribution in [0, 0.1) is 0 Å². The fourth-order valence-corrected chi connectivity index (χ4v) is 6.93. The highest BCUT2D eigenvalue weighted by Crippen LogP contribution is 2.38. The molecule has 2 heteroatoms. The summed E-state index contributed by atoms with van der Waals surface area (Å²) in [6.07, 6.45) is 0. The number of rotatable bonds is 7. The van der Waals surface area contributed by atoms with Crippen LogP contribution in [0.4, 0.5) is 17.1 Å². The molecule has 0 unspecified atom stereocenters. The minimum absolute atomic E-state index is 0.879. The molecule has 1 aromatic heterocycles. The van der Waals surface area contributed by atoms with Crippen LogP contribution >= 0.6 is 0 Å². The summed E-state index contributed by atoms with van der Waals surface area (Å²) in [7, 11) is 0. The van der Waals surface area contributed by atoms with Gasteiger partial charge >= 0.3 is 0 Å². The van der Waals surface area contributed by atoms with Crippen molar-refractivity contribution < 1.29 is 4.42 Å². The van der Waals surface area contributed by atoms with Crippen molar-refractivity contribution in [1.82, 2.24) is 0 Å². The third-order valence-electron chi connectivity index (χ3n) is 9.49. The molecular formula is C48H33NO. The largest absolute Gasteiger partial charge is 0.456 e. The zero-order chi connectivity index (χ0) is 33.3. The summed E-state index contributed by atoms with van der Waals surface area (Å²) < 4.78 is 6.16. The Kier molecular flexibility index (Phi) is 7.53. The van der Waals surface area contributed by atoms with Crippen LogP contribution in [0.3, 0.4) is 0 Å². The van der Waals surface area contributed by atoms with Gasteiger partial charge in [0.1, 0.15) is 11.3 Å². The van der Waals surface area contributed by atoms with Crippen LogP contribution in [0.15, 0.2) is 205 Å². The molecule has 9 rings (SSSR count). The third kappa shape index (κ3) is 5.63. The highest BCUT2D eigenvalue weighted by atomic mass is 16.3. The zero-order valence-electron chi connectivity index (χ0n) is 27.4. The highest BCUT2D eigenvalue weighted by molar-refractivity contribution is 5.97. The van der Waals surface area contributed by atoms with Crippen LogP contribution < -0.4 is 4.90 Å². The van der Waals surface area contributed by atoms with Gasteiger partial charge in [-0.2, -0.15) is 0 Å². The van der Waals surface area contributed by atoms with Crippen molar-refractivity contribution in [2.75, 3.05) is 4.90 Å². The van der Waals surface area contributed by atoms with Gasteiger partial charge in [-0.3, -0.25) is 0 Å². The maximum Gasteiger partial charge on any atom is 0.135 e. The Morgan fingerprint density at radius 1 is 0.320 bits per heavy atom. The molecule has 8 aromatic carbocycles. The Bertz CT molecular complexity index is 2530. The lowest BCUT2D eigenvalue weighted by Crippen LogP contribution is -2.09. The summed E-state index contributed by atoms with van der Waals surface area (Å²) >= 11 is 0. The van der Waals surface area contributed by atoms with Crippen molar-refractivity contribution in [3.8, 4) is 44.7 Å². The molecule has 1 heterocycles. The number of furan rings is 1. The predicted octanol–water partition coefficient (Wildman–Crippen LogP) is 13.7. The molecule has 0 saturated carbocycles. The first kappa shape index (κ1) is 29.5. The van der Waals surface area contributed by atoms with Gasteiger partial charge in [-0.15, -0.1) is 0 Å². The van der Waals surface area contributed by atoms with Crippen molar-refractivity contribution in [2.24, 2.45) is 0 Å². The molecule has 0 amide bonds. The smallest absolute Gasteiger partial charge is 0.135 e. The van der Waals surface area contributed by atoms with E-state index in [4.69, 9.17) is 4.42 Å².